The van der Waals surface area contributed by atoms with Gasteiger partial charge in [0, 0.05) is 18.7 Å². The van der Waals surface area contributed by atoms with Crippen LogP contribution in [0, 0.1) is 0 Å². The van der Waals surface area contributed by atoms with Gasteiger partial charge in [-0.1, -0.05) is 12.1 Å². The summed E-state index contributed by atoms with van der Waals surface area (Å²) in [5.74, 6) is 0.456. The van der Waals surface area contributed by atoms with Crippen molar-refractivity contribution in [3.05, 3.63) is 35.9 Å². The van der Waals surface area contributed by atoms with Crippen LogP contribution in [0.1, 0.15) is 31.7 Å². The standard InChI is InChI=1S/C18H23NO4/c1-3-23-16-9-4-14(5-10-16)6-11-17(20)19(15-7-8-15)13-12-18(21)22-2/h4-6,9-11,15H,3,7-8,12-13H2,1-2H3/b11-6+. The number of esters is 1. The highest BCUT2D eigenvalue weighted by Gasteiger charge is 2.31. The third kappa shape index (κ3) is 5.43. The molecule has 1 fully saturated rings. The lowest BCUT2D eigenvalue weighted by molar-refractivity contribution is -0.141. The quantitative estimate of drug-likeness (QED) is 0.546. The third-order valence-corrected chi connectivity index (χ3v) is 3.66. The average molecular weight is 317 g/mol. The summed E-state index contributed by atoms with van der Waals surface area (Å²) in [4.78, 5) is 25.3. The first-order chi connectivity index (χ1) is 11.1. The normalized spacial score (nSPS) is 13.8. The van der Waals surface area contributed by atoms with Gasteiger partial charge in [-0.3, -0.25) is 9.59 Å². The van der Waals surface area contributed by atoms with E-state index in [9.17, 15) is 9.59 Å². The Balaban J connectivity index is 1.93. The number of amides is 1. The number of nitrogens with zero attached hydrogens (tertiary/aromatic N) is 1. The van der Waals surface area contributed by atoms with Crippen LogP contribution < -0.4 is 4.74 Å². The van der Waals surface area contributed by atoms with Crippen molar-refractivity contribution in [1.29, 1.82) is 0 Å². The second-order valence-electron chi connectivity index (χ2n) is 5.42. The second kappa shape index (κ2) is 8.36. The smallest absolute Gasteiger partial charge is 0.307 e. The summed E-state index contributed by atoms with van der Waals surface area (Å²) >= 11 is 0. The summed E-state index contributed by atoms with van der Waals surface area (Å²) in [5, 5.41) is 0. The maximum atomic E-state index is 12.3. The predicted molar refractivity (Wildman–Crippen MR) is 88.0 cm³/mol. The van der Waals surface area contributed by atoms with Crippen LogP contribution in [-0.2, 0) is 14.3 Å². The van der Waals surface area contributed by atoms with Crippen molar-refractivity contribution in [2.45, 2.75) is 32.2 Å². The minimum Gasteiger partial charge on any atom is -0.494 e. The van der Waals surface area contributed by atoms with Crippen LogP contribution in [0.2, 0.25) is 0 Å². The molecule has 23 heavy (non-hydrogen) atoms. The van der Waals surface area contributed by atoms with E-state index >= 15 is 0 Å². The van der Waals surface area contributed by atoms with Gasteiger partial charge in [0.2, 0.25) is 5.91 Å². The van der Waals surface area contributed by atoms with Crippen molar-refractivity contribution in [3.8, 4) is 5.75 Å². The molecule has 1 aromatic rings. The van der Waals surface area contributed by atoms with Gasteiger partial charge in [0.15, 0.2) is 0 Å². The van der Waals surface area contributed by atoms with Gasteiger partial charge in [-0.05, 0) is 43.5 Å². The number of hydrogen-bond acceptors (Lipinski definition) is 4. The zero-order valence-electron chi connectivity index (χ0n) is 13.7. The fourth-order valence-electron chi connectivity index (χ4n) is 2.28. The van der Waals surface area contributed by atoms with Gasteiger partial charge in [0.1, 0.15) is 5.75 Å². The maximum absolute atomic E-state index is 12.3. The third-order valence-electron chi connectivity index (χ3n) is 3.66. The summed E-state index contributed by atoms with van der Waals surface area (Å²) in [6, 6.07) is 7.83. The van der Waals surface area contributed by atoms with E-state index in [4.69, 9.17) is 4.74 Å². The van der Waals surface area contributed by atoms with E-state index in [0.717, 1.165) is 24.2 Å². The Bertz CT molecular complexity index is 561. The molecule has 0 atom stereocenters. The van der Waals surface area contributed by atoms with Crippen LogP contribution in [0.3, 0.4) is 0 Å². The van der Waals surface area contributed by atoms with Crippen LogP contribution in [0.25, 0.3) is 6.08 Å². The molecule has 0 bridgehead atoms. The number of hydrogen-bond donors (Lipinski definition) is 0. The second-order valence-corrected chi connectivity index (χ2v) is 5.42. The van der Waals surface area contributed by atoms with Gasteiger partial charge in [-0.15, -0.1) is 0 Å². The van der Waals surface area contributed by atoms with Gasteiger partial charge in [0.05, 0.1) is 20.1 Å². The summed E-state index contributed by atoms with van der Waals surface area (Å²) in [5.41, 5.74) is 0.936. The number of rotatable bonds is 8. The van der Waals surface area contributed by atoms with E-state index in [2.05, 4.69) is 4.74 Å². The molecule has 0 spiro atoms. The van der Waals surface area contributed by atoms with E-state index in [1.54, 1.807) is 17.1 Å². The van der Waals surface area contributed by atoms with Crippen molar-refractivity contribution < 1.29 is 19.1 Å². The van der Waals surface area contributed by atoms with E-state index < -0.39 is 0 Å². The Kier molecular flexibility index (Phi) is 6.20. The predicted octanol–water partition coefficient (Wildman–Crippen LogP) is 2.65. The molecule has 0 aromatic heterocycles. The molecule has 0 saturated heterocycles. The molecule has 0 radical (unpaired) electrons. The number of methoxy groups -OCH3 is 1. The number of carbonyl (C=O) groups excluding carboxylic acids is 2. The van der Waals surface area contributed by atoms with Crippen molar-refractivity contribution >= 4 is 18.0 Å². The molecular weight excluding hydrogens is 294 g/mol. The summed E-state index contributed by atoms with van der Waals surface area (Å²) in [7, 11) is 1.36. The van der Waals surface area contributed by atoms with Crippen molar-refractivity contribution in [2.24, 2.45) is 0 Å². The molecule has 124 valence electrons. The molecule has 0 unspecified atom stereocenters. The monoisotopic (exact) mass is 317 g/mol. The lowest BCUT2D eigenvalue weighted by atomic mass is 10.2. The molecule has 1 aromatic carbocycles. The number of benzene rings is 1. The molecular formula is C18H23NO4. The number of ether oxygens (including phenoxy) is 2. The number of carbonyl (C=O) groups is 2. The fraction of sp³-hybridized carbons (Fsp3) is 0.444. The Morgan fingerprint density at radius 2 is 1.96 bits per heavy atom. The highest BCUT2D eigenvalue weighted by Crippen LogP contribution is 2.27. The first-order valence-corrected chi connectivity index (χ1v) is 7.92. The Morgan fingerprint density at radius 3 is 2.52 bits per heavy atom. The molecule has 5 nitrogen and oxygen atoms in total. The van der Waals surface area contributed by atoms with Gasteiger partial charge < -0.3 is 14.4 Å². The maximum Gasteiger partial charge on any atom is 0.307 e. The SMILES string of the molecule is CCOc1ccc(/C=C/C(=O)N(CCC(=O)OC)C2CC2)cc1. The summed E-state index contributed by atoms with van der Waals surface area (Å²) < 4.78 is 10.0. The lowest BCUT2D eigenvalue weighted by Gasteiger charge is -2.20. The molecule has 2 rings (SSSR count). The van der Waals surface area contributed by atoms with Gasteiger partial charge in [0.25, 0.3) is 0 Å². The fourth-order valence-corrected chi connectivity index (χ4v) is 2.28. The van der Waals surface area contributed by atoms with Crippen LogP contribution in [0.15, 0.2) is 30.3 Å². The van der Waals surface area contributed by atoms with Gasteiger partial charge in [-0.2, -0.15) is 0 Å². The summed E-state index contributed by atoms with van der Waals surface area (Å²) in [6.45, 7) is 2.97. The molecule has 1 amide bonds. The van der Waals surface area contributed by atoms with Gasteiger partial charge >= 0.3 is 5.97 Å². The van der Waals surface area contributed by atoms with Crippen molar-refractivity contribution in [2.75, 3.05) is 20.3 Å². The van der Waals surface area contributed by atoms with E-state index in [1.807, 2.05) is 31.2 Å². The molecule has 0 N–H and O–H groups in total. The van der Waals surface area contributed by atoms with E-state index in [0.29, 0.717) is 13.2 Å². The van der Waals surface area contributed by atoms with E-state index in [1.165, 1.54) is 7.11 Å². The Morgan fingerprint density at radius 1 is 1.26 bits per heavy atom. The highest BCUT2D eigenvalue weighted by atomic mass is 16.5. The zero-order valence-corrected chi connectivity index (χ0v) is 13.7. The molecule has 1 aliphatic carbocycles. The molecule has 5 heteroatoms. The summed E-state index contributed by atoms with van der Waals surface area (Å²) in [6.07, 6.45) is 5.58. The largest absolute Gasteiger partial charge is 0.494 e. The van der Waals surface area contributed by atoms with Gasteiger partial charge in [-0.25, -0.2) is 0 Å². The molecule has 0 aliphatic heterocycles. The van der Waals surface area contributed by atoms with E-state index in [-0.39, 0.29) is 24.3 Å². The zero-order chi connectivity index (χ0) is 16.7. The first kappa shape index (κ1) is 17.1. The minimum absolute atomic E-state index is 0.0645. The first-order valence-electron chi connectivity index (χ1n) is 7.92. The molecule has 0 heterocycles. The van der Waals surface area contributed by atoms with Crippen LogP contribution >= 0.6 is 0 Å². The van der Waals surface area contributed by atoms with Crippen molar-refractivity contribution in [1.82, 2.24) is 4.90 Å². The topological polar surface area (TPSA) is 55.8 Å². The molecule has 1 saturated carbocycles. The van der Waals surface area contributed by atoms with Crippen LogP contribution in [0.4, 0.5) is 0 Å². The highest BCUT2D eigenvalue weighted by molar-refractivity contribution is 5.92. The van der Waals surface area contributed by atoms with Crippen LogP contribution in [0.5, 0.6) is 5.75 Å². The molecule has 1 aliphatic rings. The lowest BCUT2D eigenvalue weighted by Crippen LogP contribution is -2.33. The van der Waals surface area contributed by atoms with Crippen LogP contribution in [-0.4, -0.2) is 43.1 Å². The Hall–Kier alpha value is -2.30. The minimum atomic E-state index is -0.293. The average Bonchev–Trinajstić information content (AvgIpc) is 3.39. The van der Waals surface area contributed by atoms with Crippen molar-refractivity contribution in [3.63, 3.8) is 0 Å². The Labute approximate surface area is 136 Å².